The van der Waals surface area contributed by atoms with E-state index in [2.05, 4.69) is 35.8 Å². The number of hydrogen-bond donors (Lipinski definition) is 0. The van der Waals surface area contributed by atoms with Gasteiger partial charge in [0.25, 0.3) is 5.91 Å². The third kappa shape index (κ3) is 4.23. The van der Waals surface area contributed by atoms with Crippen molar-refractivity contribution in [3.05, 3.63) is 71.4 Å². The molecule has 1 aliphatic heterocycles. The fraction of sp³-hybridized carbons (Fsp3) is 0.346. The molecular formula is C26H30N2O3. The average Bonchev–Trinajstić information content (AvgIpc) is 3.10. The number of amides is 1. The Hall–Kier alpha value is -3.05. The van der Waals surface area contributed by atoms with Crippen LogP contribution in [0.25, 0.3) is 16.9 Å². The van der Waals surface area contributed by atoms with Crippen molar-refractivity contribution in [1.29, 1.82) is 0 Å². The lowest BCUT2D eigenvalue weighted by Gasteiger charge is -2.35. The molecule has 1 aliphatic rings. The molecule has 31 heavy (non-hydrogen) atoms. The molecular weight excluding hydrogens is 388 g/mol. The zero-order valence-corrected chi connectivity index (χ0v) is 18.9. The number of benzene rings is 2. The smallest absolute Gasteiger partial charge is 0.255 e. The first-order chi connectivity index (χ1) is 14.9. The fourth-order valence-corrected chi connectivity index (χ4v) is 4.34. The first-order valence-electron chi connectivity index (χ1n) is 10.8. The molecule has 1 fully saturated rings. The predicted molar refractivity (Wildman–Crippen MR) is 123 cm³/mol. The predicted octanol–water partition coefficient (Wildman–Crippen LogP) is 5.02. The van der Waals surface area contributed by atoms with E-state index < -0.39 is 0 Å². The number of nitrogens with zero attached hydrogens (tertiary/aromatic N) is 2. The van der Waals surface area contributed by atoms with E-state index in [0.29, 0.717) is 13.1 Å². The maximum absolute atomic E-state index is 13.5. The molecule has 3 aromatic rings. The number of morpholine rings is 1. The van der Waals surface area contributed by atoms with Crippen LogP contribution in [-0.2, 0) is 4.74 Å². The van der Waals surface area contributed by atoms with Gasteiger partial charge in [0.2, 0.25) is 0 Å². The van der Waals surface area contributed by atoms with Crippen LogP contribution < -0.4 is 4.74 Å². The first kappa shape index (κ1) is 21.2. The van der Waals surface area contributed by atoms with E-state index in [9.17, 15) is 4.79 Å². The van der Waals surface area contributed by atoms with Gasteiger partial charge in [-0.05, 0) is 75.7 Å². The highest BCUT2D eigenvalue weighted by Crippen LogP contribution is 2.32. The van der Waals surface area contributed by atoms with E-state index in [1.165, 1.54) is 5.56 Å². The summed E-state index contributed by atoms with van der Waals surface area (Å²) in [6.45, 7) is 9.35. The second-order valence-electron chi connectivity index (χ2n) is 8.40. The number of carbonyl (C=O) groups excluding carboxylic acids is 1. The Balaban J connectivity index is 1.81. The summed E-state index contributed by atoms with van der Waals surface area (Å²) in [7, 11) is 1.66. The zero-order chi connectivity index (χ0) is 22.1. The molecule has 1 saturated heterocycles. The van der Waals surface area contributed by atoms with Crippen LogP contribution in [0.5, 0.6) is 5.75 Å². The Morgan fingerprint density at radius 3 is 2.16 bits per heavy atom. The summed E-state index contributed by atoms with van der Waals surface area (Å²) in [5.74, 6) is 0.863. The van der Waals surface area contributed by atoms with Crippen LogP contribution in [0.4, 0.5) is 0 Å². The van der Waals surface area contributed by atoms with Gasteiger partial charge in [-0.3, -0.25) is 4.79 Å². The van der Waals surface area contributed by atoms with Crippen molar-refractivity contribution < 1.29 is 14.3 Å². The Morgan fingerprint density at radius 2 is 1.58 bits per heavy atom. The van der Waals surface area contributed by atoms with E-state index in [1.54, 1.807) is 7.11 Å². The molecule has 0 bridgehead atoms. The summed E-state index contributed by atoms with van der Waals surface area (Å²) in [6, 6.07) is 18.4. The van der Waals surface area contributed by atoms with Crippen molar-refractivity contribution >= 4 is 5.91 Å². The van der Waals surface area contributed by atoms with Crippen LogP contribution >= 0.6 is 0 Å². The lowest BCUT2D eigenvalue weighted by atomic mass is 10.1. The molecule has 0 aliphatic carbocycles. The van der Waals surface area contributed by atoms with Crippen LogP contribution in [0.2, 0.25) is 0 Å². The lowest BCUT2D eigenvalue weighted by Crippen LogP contribution is -2.48. The monoisotopic (exact) mass is 418 g/mol. The maximum Gasteiger partial charge on any atom is 0.255 e. The van der Waals surface area contributed by atoms with Gasteiger partial charge >= 0.3 is 0 Å². The molecule has 4 rings (SSSR count). The average molecular weight is 419 g/mol. The molecule has 1 amide bonds. The van der Waals surface area contributed by atoms with Crippen molar-refractivity contribution in [2.75, 3.05) is 20.2 Å². The molecule has 2 atom stereocenters. The van der Waals surface area contributed by atoms with Crippen molar-refractivity contribution in [2.45, 2.75) is 39.9 Å². The molecule has 162 valence electrons. The van der Waals surface area contributed by atoms with Crippen LogP contribution in [0.15, 0.2) is 54.6 Å². The van der Waals surface area contributed by atoms with E-state index in [1.807, 2.05) is 56.0 Å². The van der Waals surface area contributed by atoms with Crippen molar-refractivity contribution in [3.63, 3.8) is 0 Å². The molecule has 0 radical (unpaired) electrons. The minimum Gasteiger partial charge on any atom is -0.497 e. The van der Waals surface area contributed by atoms with Gasteiger partial charge in [0.15, 0.2) is 0 Å². The Bertz CT molecular complexity index is 1060. The van der Waals surface area contributed by atoms with Crippen LogP contribution in [-0.4, -0.2) is 47.8 Å². The second-order valence-corrected chi connectivity index (χ2v) is 8.40. The van der Waals surface area contributed by atoms with Crippen molar-refractivity contribution in [3.8, 4) is 22.7 Å². The lowest BCUT2D eigenvalue weighted by molar-refractivity contribution is -0.0586. The van der Waals surface area contributed by atoms with Gasteiger partial charge in [0.05, 0.1) is 30.6 Å². The Morgan fingerprint density at radius 1 is 0.968 bits per heavy atom. The van der Waals surface area contributed by atoms with Crippen molar-refractivity contribution in [1.82, 2.24) is 9.47 Å². The molecule has 0 N–H and O–H groups in total. The summed E-state index contributed by atoms with van der Waals surface area (Å²) >= 11 is 0. The van der Waals surface area contributed by atoms with Gasteiger partial charge in [0.1, 0.15) is 5.75 Å². The number of aromatic nitrogens is 1. The zero-order valence-electron chi connectivity index (χ0n) is 18.9. The number of hydrogen-bond acceptors (Lipinski definition) is 3. The molecule has 0 saturated carbocycles. The number of ether oxygens (including phenoxy) is 2. The number of methoxy groups -OCH3 is 1. The second kappa shape index (κ2) is 8.60. The minimum absolute atomic E-state index is 0.0354. The minimum atomic E-state index is 0.0354. The molecule has 2 aromatic carbocycles. The summed E-state index contributed by atoms with van der Waals surface area (Å²) < 4.78 is 13.3. The van der Waals surface area contributed by atoms with Gasteiger partial charge in [-0.2, -0.15) is 0 Å². The van der Waals surface area contributed by atoms with E-state index in [4.69, 9.17) is 9.47 Å². The summed E-state index contributed by atoms with van der Waals surface area (Å²) in [4.78, 5) is 15.4. The summed E-state index contributed by atoms with van der Waals surface area (Å²) in [5, 5.41) is 0. The van der Waals surface area contributed by atoms with E-state index in [0.717, 1.165) is 34.0 Å². The topological polar surface area (TPSA) is 43.7 Å². The highest BCUT2D eigenvalue weighted by Gasteiger charge is 2.29. The van der Waals surface area contributed by atoms with Gasteiger partial charge in [-0.1, -0.05) is 17.7 Å². The van der Waals surface area contributed by atoms with Gasteiger partial charge in [-0.15, -0.1) is 0 Å². The quantitative estimate of drug-likeness (QED) is 0.598. The highest BCUT2D eigenvalue weighted by atomic mass is 16.5. The highest BCUT2D eigenvalue weighted by molar-refractivity contribution is 5.97. The Kier molecular flexibility index (Phi) is 5.88. The molecule has 0 unspecified atom stereocenters. The first-order valence-corrected chi connectivity index (χ1v) is 10.8. The molecule has 5 nitrogen and oxygen atoms in total. The van der Waals surface area contributed by atoms with Crippen LogP contribution in [0, 0.1) is 13.8 Å². The van der Waals surface area contributed by atoms with E-state index >= 15 is 0 Å². The number of rotatable bonds is 4. The normalized spacial score (nSPS) is 18.8. The summed E-state index contributed by atoms with van der Waals surface area (Å²) in [6.07, 6.45) is 0.0708. The molecule has 1 aromatic heterocycles. The SMILES string of the molecule is COc1ccc(-c2cc(C(=O)N3C[C@H](C)O[C@@H](C)C3)c(C)n2-c2ccc(C)cc2)cc1. The standard InChI is InChI=1S/C26H30N2O3/c1-17-6-10-22(11-7-17)28-20(4)24(26(29)27-15-18(2)31-19(3)16-27)14-25(28)21-8-12-23(30-5)13-9-21/h6-14,18-19H,15-16H2,1-5H3/t18-,19-/m0/s1. The van der Waals surface area contributed by atoms with Gasteiger partial charge in [-0.25, -0.2) is 0 Å². The maximum atomic E-state index is 13.5. The van der Waals surface area contributed by atoms with Crippen LogP contribution in [0.3, 0.4) is 0 Å². The summed E-state index contributed by atoms with van der Waals surface area (Å²) in [5.41, 5.74) is 5.93. The fourth-order valence-electron chi connectivity index (χ4n) is 4.34. The largest absolute Gasteiger partial charge is 0.497 e. The van der Waals surface area contributed by atoms with Gasteiger partial charge < -0.3 is 18.9 Å². The number of aryl methyl sites for hydroxylation is 1. The number of carbonyl (C=O) groups is 1. The molecule has 5 heteroatoms. The van der Waals surface area contributed by atoms with Crippen molar-refractivity contribution in [2.24, 2.45) is 0 Å². The molecule has 0 spiro atoms. The molecule has 2 heterocycles. The Labute approximate surface area is 184 Å². The van der Waals surface area contributed by atoms with Crippen LogP contribution in [0.1, 0.15) is 35.5 Å². The third-order valence-corrected chi connectivity index (χ3v) is 5.86. The third-order valence-electron chi connectivity index (χ3n) is 5.86. The van der Waals surface area contributed by atoms with Gasteiger partial charge in [0, 0.05) is 24.5 Å². The van der Waals surface area contributed by atoms with E-state index in [-0.39, 0.29) is 18.1 Å².